The van der Waals surface area contributed by atoms with Gasteiger partial charge in [-0.25, -0.2) is 13.8 Å². The molecule has 34 heavy (non-hydrogen) atoms. The Hall–Kier alpha value is -3.76. The Labute approximate surface area is 202 Å². The van der Waals surface area contributed by atoms with E-state index >= 15 is 0 Å². The highest BCUT2D eigenvalue weighted by Crippen LogP contribution is 2.32. The number of amides is 1. The Bertz CT molecular complexity index is 1300. The molecule has 0 aliphatic rings. The van der Waals surface area contributed by atoms with Gasteiger partial charge in [0.05, 0.1) is 31.0 Å². The third kappa shape index (κ3) is 5.77. The monoisotopic (exact) mass is 503 g/mol. The molecule has 1 amide bonds. The zero-order valence-corrected chi connectivity index (χ0v) is 19.9. The predicted molar refractivity (Wildman–Crippen MR) is 129 cm³/mol. The highest BCUT2D eigenvalue weighted by atomic mass is 35.5. The molecule has 3 aromatic carbocycles. The van der Waals surface area contributed by atoms with Crippen LogP contribution in [-0.4, -0.2) is 46.4 Å². The third-order valence-corrected chi connectivity index (χ3v) is 6.70. The molecule has 0 atom stereocenters. The lowest BCUT2D eigenvalue weighted by atomic mass is 10.2. The molecule has 0 saturated heterocycles. The summed E-state index contributed by atoms with van der Waals surface area (Å²) in [6, 6.07) is 16.5. The van der Waals surface area contributed by atoms with E-state index < -0.39 is 22.5 Å². The number of nitrogens with zero attached hydrogens (tertiary/aromatic N) is 2. The van der Waals surface area contributed by atoms with Crippen molar-refractivity contribution in [3.63, 3.8) is 0 Å². The first-order chi connectivity index (χ1) is 16.3. The van der Waals surface area contributed by atoms with E-state index in [2.05, 4.69) is 10.5 Å². The lowest BCUT2D eigenvalue weighted by molar-refractivity contribution is -0.119. The molecule has 2 N–H and O–H groups in total. The summed E-state index contributed by atoms with van der Waals surface area (Å²) < 4.78 is 38.3. The summed E-state index contributed by atoms with van der Waals surface area (Å²) in [7, 11) is -1.37. The van der Waals surface area contributed by atoms with E-state index in [0.29, 0.717) is 16.3 Å². The van der Waals surface area contributed by atoms with E-state index in [-0.39, 0.29) is 22.1 Å². The molecule has 0 fully saturated rings. The summed E-state index contributed by atoms with van der Waals surface area (Å²) in [6.45, 7) is -0.573. The molecule has 0 heterocycles. The number of rotatable bonds is 9. The van der Waals surface area contributed by atoms with Crippen LogP contribution in [0.3, 0.4) is 0 Å². The predicted octanol–water partition coefficient (Wildman–Crippen LogP) is 3.41. The van der Waals surface area contributed by atoms with Gasteiger partial charge in [0.2, 0.25) is 0 Å². The van der Waals surface area contributed by atoms with Gasteiger partial charge in [-0.1, -0.05) is 23.7 Å². The van der Waals surface area contributed by atoms with Crippen LogP contribution in [0.4, 0.5) is 5.69 Å². The van der Waals surface area contributed by atoms with Gasteiger partial charge in [0.15, 0.2) is 11.5 Å². The Morgan fingerprint density at radius 1 is 1.06 bits per heavy atom. The Morgan fingerprint density at radius 3 is 2.38 bits per heavy atom. The summed E-state index contributed by atoms with van der Waals surface area (Å²) in [5.74, 6) is -0.142. The fourth-order valence-corrected chi connectivity index (χ4v) is 4.53. The smallest absolute Gasteiger partial charge is 0.264 e. The van der Waals surface area contributed by atoms with Gasteiger partial charge in [-0.05, 0) is 48.5 Å². The molecule has 0 bridgehead atoms. The molecule has 0 aromatic heterocycles. The number of nitrogens with one attached hydrogen (secondary N) is 1. The van der Waals surface area contributed by atoms with Crippen LogP contribution in [0.5, 0.6) is 17.2 Å². The maximum atomic E-state index is 13.5. The molecule has 0 radical (unpaired) electrons. The van der Waals surface area contributed by atoms with Gasteiger partial charge >= 0.3 is 0 Å². The highest BCUT2D eigenvalue weighted by Gasteiger charge is 2.28. The largest absolute Gasteiger partial charge is 0.507 e. The van der Waals surface area contributed by atoms with Crippen molar-refractivity contribution in [1.29, 1.82) is 0 Å². The minimum absolute atomic E-state index is 0.0145. The number of hydrogen-bond donors (Lipinski definition) is 2. The van der Waals surface area contributed by atoms with Crippen LogP contribution in [0.15, 0.2) is 76.7 Å². The van der Waals surface area contributed by atoms with Crippen molar-refractivity contribution in [3.8, 4) is 17.2 Å². The van der Waals surface area contributed by atoms with Gasteiger partial charge in [0.1, 0.15) is 12.3 Å². The molecule has 0 aliphatic carbocycles. The second-order valence-electron chi connectivity index (χ2n) is 6.86. The van der Waals surface area contributed by atoms with Crippen LogP contribution < -0.4 is 19.2 Å². The molecular formula is C23H22ClN3O6S. The third-order valence-electron chi connectivity index (χ3n) is 4.67. The molecule has 9 nitrogen and oxygen atoms in total. The average molecular weight is 504 g/mol. The number of aromatic hydroxyl groups is 1. The number of carbonyl (C=O) groups is 1. The minimum Gasteiger partial charge on any atom is -0.507 e. The molecular weight excluding hydrogens is 482 g/mol. The summed E-state index contributed by atoms with van der Waals surface area (Å²) in [4.78, 5) is 12.5. The molecule has 11 heteroatoms. The van der Waals surface area contributed by atoms with E-state index in [4.69, 9.17) is 21.1 Å². The van der Waals surface area contributed by atoms with Crippen molar-refractivity contribution in [3.05, 3.63) is 77.3 Å². The zero-order chi connectivity index (χ0) is 24.7. The molecule has 0 spiro atoms. The van der Waals surface area contributed by atoms with Crippen LogP contribution in [0, 0.1) is 0 Å². The fourth-order valence-electron chi connectivity index (χ4n) is 2.96. The van der Waals surface area contributed by atoms with E-state index in [1.807, 2.05) is 0 Å². The maximum Gasteiger partial charge on any atom is 0.264 e. The number of ether oxygens (including phenoxy) is 2. The van der Waals surface area contributed by atoms with Crippen molar-refractivity contribution >= 4 is 39.4 Å². The number of phenolic OH excluding ortho intramolecular Hbond substituents is 1. The quantitative estimate of drug-likeness (QED) is 0.341. The number of methoxy groups -OCH3 is 2. The van der Waals surface area contributed by atoms with Crippen molar-refractivity contribution in [2.45, 2.75) is 4.90 Å². The van der Waals surface area contributed by atoms with Crippen LogP contribution in [0.2, 0.25) is 5.02 Å². The van der Waals surface area contributed by atoms with Crippen LogP contribution >= 0.6 is 11.6 Å². The second kappa shape index (κ2) is 10.9. The van der Waals surface area contributed by atoms with Crippen molar-refractivity contribution < 1.29 is 27.8 Å². The van der Waals surface area contributed by atoms with E-state index in [1.54, 1.807) is 18.2 Å². The number of hydrogen-bond acceptors (Lipinski definition) is 7. The van der Waals surface area contributed by atoms with Gasteiger partial charge in [-0.15, -0.1) is 0 Å². The van der Waals surface area contributed by atoms with Gasteiger partial charge in [0, 0.05) is 16.7 Å². The first kappa shape index (κ1) is 24.9. The van der Waals surface area contributed by atoms with Gasteiger partial charge in [-0.3, -0.25) is 9.10 Å². The number of phenols is 1. The molecule has 3 rings (SSSR count). The van der Waals surface area contributed by atoms with Gasteiger partial charge in [-0.2, -0.15) is 5.10 Å². The first-order valence-corrected chi connectivity index (χ1v) is 11.7. The standard InChI is InChI=1S/C23H22ClN3O6S/c1-32-21-12-11-19(13-22(21)33-2)34(30,31)27(18-9-7-17(24)8-10-18)15-23(29)26-25-14-16-5-3-4-6-20(16)28/h3-14,28H,15H2,1-2H3,(H,26,29)/b25-14+. The summed E-state index contributed by atoms with van der Waals surface area (Å²) in [5.41, 5.74) is 2.88. The number of hydrazone groups is 1. The molecule has 0 saturated carbocycles. The van der Waals surface area contributed by atoms with E-state index in [0.717, 1.165) is 4.31 Å². The Kier molecular flexibility index (Phi) is 7.98. The lowest BCUT2D eigenvalue weighted by Gasteiger charge is -2.24. The maximum absolute atomic E-state index is 13.5. The van der Waals surface area contributed by atoms with Gasteiger partial charge in [0.25, 0.3) is 15.9 Å². The van der Waals surface area contributed by atoms with E-state index in [9.17, 15) is 18.3 Å². The molecule has 178 valence electrons. The minimum atomic E-state index is -4.20. The highest BCUT2D eigenvalue weighted by molar-refractivity contribution is 7.92. The Balaban J connectivity index is 1.90. The SMILES string of the molecule is COc1ccc(S(=O)(=O)N(CC(=O)N/N=C/c2ccccc2O)c2ccc(Cl)cc2)cc1OC. The summed E-state index contributed by atoms with van der Waals surface area (Å²) in [5, 5.41) is 14.0. The number of carbonyl (C=O) groups excluding carboxylic acids is 1. The van der Waals surface area contributed by atoms with Crippen molar-refractivity contribution in [1.82, 2.24) is 5.43 Å². The van der Waals surface area contributed by atoms with Gasteiger partial charge < -0.3 is 14.6 Å². The van der Waals surface area contributed by atoms with Crippen molar-refractivity contribution in [2.24, 2.45) is 5.10 Å². The van der Waals surface area contributed by atoms with Crippen LogP contribution in [0.25, 0.3) is 0 Å². The number of para-hydroxylation sites is 1. The number of halogens is 1. The molecule has 0 aliphatic heterocycles. The molecule has 3 aromatic rings. The topological polar surface area (TPSA) is 118 Å². The number of sulfonamides is 1. The number of anilines is 1. The van der Waals surface area contributed by atoms with E-state index in [1.165, 1.54) is 69.0 Å². The van der Waals surface area contributed by atoms with Crippen LogP contribution in [0.1, 0.15) is 5.56 Å². The Morgan fingerprint density at radius 2 is 1.74 bits per heavy atom. The lowest BCUT2D eigenvalue weighted by Crippen LogP contribution is -2.39. The second-order valence-corrected chi connectivity index (χ2v) is 9.16. The fraction of sp³-hybridized carbons (Fsp3) is 0.130. The first-order valence-electron chi connectivity index (χ1n) is 9.86. The average Bonchev–Trinajstić information content (AvgIpc) is 2.83. The summed E-state index contributed by atoms with van der Waals surface area (Å²) in [6.07, 6.45) is 1.25. The normalized spacial score (nSPS) is 11.3. The summed E-state index contributed by atoms with van der Waals surface area (Å²) >= 11 is 5.95. The van der Waals surface area contributed by atoms with Crippen LogP contribution in [-0.2, 0) is 14.8 Å². The van der Waals surface area contributed by atoms with Crippen molar-refractivity contribution in [2.75, 3.05) is 25.1 Å². The molecule has 0 unspecified atom stereocenters. The number of benzene rings is 3. The zero-order valence-electron chi connectivity index (χ0n) is 18.3.